The predicted molar refractivity (Wildman–Crippen MR) is 46.5 cm³/mol. The van der Waals surface area contributed by atoms with Crippen LogP contribution in [-0.4, -0.2) is 42.9 Å². The molecule has 0 saturated heterocycles. The second-order valence-electron chi connectivity index (χ2n) is 2.01. The first-order chi connectivity index (χ1) is 5.83. The summed E-state index contributed by atoms with van der Waals surface area (Å²) in [6, 6.07) is 0. The van der Waals surface area contributed by atoms with Gasteiger partial charge >= 0.3 is 0 Å². The van der Waals surface area contributed by atoms with Gasteiger partial charge in [-0.25, -0.2) is 0 Å². The van der Waals surface area contributed by atoms with E-state index in [0.717, 1.165) is 6.42 Å². The summed E-state index contributed by atoms with van der Waals surface area (Å²) < 4.78 is 0. The molecule has 5 nitrogen and oxygen atoms in total. The number of nitrogens with one attached hydrogen (secondary N) is 1. The highest BCUT2D eigenvalue weighted by Crippen LogP contribution is 1.66. The van der Waals surface area contributed by atoms with Gasteiger partial charge in [-0.2, -0.15) is 0 Å². The molecule has 0 aliphatic heterocycles. The fraction of sp³-hybridized carbons (Fsp3) is 0.857. The molecule has 0 aromatic heterocycles. The molecule has 12 heavy (non-hydrogen) atoms. The third kappa shape index (κ3) is 22.8. The average molecular weight is 178 g/mol. The molecule has 0 aromatic rings. The maximum atomic E-state index is 9.49. The van der Waals surface area contributed by atoms with Gasteiger partial charge in [0.25, 0.3) is 0 Å². The lowest BCUT2D eigenvalue weighted by atomic mass is 10.5. The summed E-state index contributed by atoms with van der Waals surface area (Å²) in [5.41, 5.74) is 4.98. The van der Waals surface area contributed by atoms with Crippen molar-refractivity contribution in [3.63, 3.8) is 0 Å². The standard InChI is InChI=1S/C4H9NO2.C3H9NO/c6-3-1-2-5-4-7;4-2-1-3-5/h4,6H,1-3H2,(H,5,7);5H,1-4H2. The third-order valence-electron chi connectivity index (χ3n) is 0.925. The summed E-state index contributed by atoms with van der Waals surface area (Å²) in [4.78, 5) is 9.49. The largest absolute Gasteiger partial charge is 0.396 e. The van der Waals surface area contributed by atoms with Crippen LogP contribution in [0.1, 0.15) is 12.8 Å². The summed E-state index contributed by atoms with van der Waals surface area (Å²) in [6.07, 6.45) is 1.98. The van der Waals surface area contributed by atoms with E-state index in [1.54, 1.807) is 0 Å². The maximum absolute atomic E-state index is 9.49. The molecule has 0 rings (SSSR count). The van der Waals surface area contributed by atoms with Gasteiger partial charge in [0.2, 0.25) is 6.41 Å². The summed E-state index contributed by atoms with van der Waals surface area (Å²) >= 11 is 0. The Morgan fingerprint density at radius 1 is 1.25 bits per heavy atom. The second kappa shape index (κ2) is 16.7. The Kier molecular flexibility index (Phi) is 19.4. The van der Waals surface area contributed by atoms with Crippen LogP contribution < -0.4 is 11.1 Å². The SMILES string of the molecule is NCCCO.O=CNCCCO. The zero-order valence-corrected chi connectivity index (χ0v) is 7.20. The van der Waals surface area contributed by atoms with E-state index in [1.807, 2.05) is 0 Å². The summed E-state index contributed by atoms with van der Waals surface area (Å²) in [5, 5.41) is 18.5. The van der Waals surface area contributed by atoms with Crippen LogP contribution in [0.2, 0.25) is 0 Å². The summed E-state index contributed by atoms with van der Waals surface area (Å²) in [5.74, 6) is 0. The molecule has 0 radical (unpaired) electrons. The summed E-state index contributed by atoms with van der Waals surface area (Å²) in [6.45, 7) is 1.52. The number of hydrogen-bond donors (Lipinski definition) is 4. The molecule has 0 heterocycles. The van der Waals surface area contributed by atoms with Gasteiger partial charge in [0.1, 0.15) is 0 Å². The summed E-state index contributed by atoms with van der Waals surface area (Å²) in [7, 11) is 0. The molecule has 0 spiro atoms. The first-order valence-electron chi connectivity index (χ1n) is 3.92. The van der Waals surface area contributed by atoms with Gasteiger partial charge in [-0.15, -0.1) is 0 Å². The molecule has 0 unspecified atom stereocenters. The molecule has 0 saturated carbocycles. The Labute approximate surface area is 72.6 Å². The maximum Gasteiger partial charge on any atom is 0.207 e. The fourth-order valence-corrected chi connectivity index (χ4v) is 0.331. The van der Waals surface area contributed by atoms with E-state index in [1.165, 1.54) is 0 Å². The molecule has 5 N–H and O–H groups in total. The molecule has 5 heteroatoms. The lowest BCUT2D eigenvalue weighted by molar-refractivity contribution is -0.109. The molecule has 0 aromatic carbocycles. The normalized spacial score (nSPS) is 8.25. The van der Waals surface area contributed by atoms with Crippen molar-refractivity contribution in [3.05, 3.63) is 0 Å². The van der Waals surface area contributed by atoms with Crippen molar-refractivity contribution in [2.75, 3.05) is 26.3 Å². The van der Waals surface area contributed by atoms with Crippen LogP contribution in [0.5, 0.6) is 0 Å². The van der Waals surface area contributed by atoms with Gasteiger partial charge in [-0.3, -0.25) is 4.79 Å². The van der Waals surface area contributed by atoms with Gasteiger partial charge in [-0.1, -0.05) is 0 Å². The first kappa shape index (κ1) is 13.9. The van der Waals surface area contributed by atoms with Gasteiger partial charge in [0, 0.05) is 19.8 Å². The van der Waals surface area contributed by atoms with E-state index in [4.69, 9.17) is 15.9 Å². The molecule has 74 valence electrons. The van der Waals surface area contributed by atoms with Gasteiger partial charge in [0.05, 0.1) is 0 Å². The zero-order chi connectivity index (χ0) is 9.66. The van der Waals surface area contributed by atoms with Crippen LogP contribution in [0.4, 0.5) is 0 Å². The molecule has 0 aliphatic carbocycles. The number of nitrogens with two attached hydrogens (primary N) is 1. The Morgan fingerprint density at radius 3 is 2.08 bits per heavy atom. The smallest absolute Gasteiger partial charge is 0.207 e. The lowest BCUT2D eigenvalue weighted by Crippen LogP contribution is -2.12. The third-order valence-corrected chi connectivity index (χ3v) is 0.925. The van der Waals surface area contributed by atoms with E-state index in [0.29, 0.717) is 25.9 Å². The number of hydrogen-bond acceptors (Lipinski definition) is 4. The molecule has 0 atom stereocenters. The lowest BCUT2D eigenvalue weighted by Gasteiger charge is -1.90. The number of carbonyl (C=O) groups excluding carboxylic acids is 1. The second-order valence-corrected chi connectivity index (χ2v) is 2.01. The van der Waals surface area contributed by atoms with Crippen LogP contribution in [0.15, 0.2) is 0 Å². The highest BCUT2D eigenvalue weighted by Gasteiger charge is 1.77. The Hall–Kier alpha value is -0.650. The van der Waals surface area contributed by atoms with E-state index in [-0.39, 0.29) is 13.2 Å². The van der Waals surface area contributed by atoms with Gasteiger partial charge in [-0.05, 0) is 19.4 Å². The Bertz CT molecular complexity index is 79.1. The molecule has 0 aliphatic rings. The Balaban J connectivity index is 0. The van der Waals surface area contributed by atoms with Crippen molar-refractivity contribution in [1.82, 2.24) is 5.32 Å². The van der Waals surface area contributed by atoms with Crippen LogP contribution in [0, 0.1) is 0 Å². The number of carbonyl (C=O) groups is 1. The van der Waals surface area contributed by atoms with Crippen molar-refractivity contribution < 1.29 is 15.0 Å². The number of aliphatic hydroxyl groups is 2. The Morgan fingerprint density at radius 2 is 1.83 bits per heavy atom. The predicted octanol–water partition coefficient (Wildman–Crippen LogP) is -1.56. The van der Waals surface area contributed by atoms with Crippen molar-refractivity contribution in [1.29, 1.82) is 0 Å². The molecular weight excluding hydrogens is 160 g/mol. The zero-order valence-electron chi connectivity index (χ0n) is 7.20. The number of rotatable bonds is 6. The minimum Gasteiger partial charge on any atom is -0.396 e. The number of amides is 1. The molecular formula is C7H18N2O3. The topological polar surface area (TPSA) is 95.6 Å². The first-order valence-corrected chi connectivity index (χ1v) is 3.92. The minimum atomic E-state index is 0.140. The van der Waals surface area contributed by atoms with Crippen LogP contribution in [0.3, 0.4) is 0 Å². The van der Waals surface area contributed by atoms with Crippen molar-refractivity contribution >= 4 is 6.41 Å². The van der Waals surface area contributed by atoms with Crippen molar-refractivity contribution in [2.24, 2.45) is 5.73 Å². The van der Waals surface area contributed by atoms with Crippen molar-refractivity contribution in [2.45, 2.75) is 12.8 Å². The van der Waals surface area contributed by atoms with Crippen molar-refractivity contribution in [3.8, 4) is 0 Å². The molecule has 0 fully saturated rings. The number of aliphatic hydroxyl groups excluding tert-OH is 2. The monoisotopic (exact) mass is 178 g/mol. The van der Waals surface area contributed by atoms with Gasteiger partial charge < -0.3 is 21.3 Å². The van der Waals surface area contributed by atoms with E-state index in [2.05, 4.69) is 5.32 Å². The van der Waals surface area contributed by atoms with E-state index < -0.39 is 0 Å². The fourth-order valence-electron chi connectivity index (χ4n) is 0.331. The highest BCUT2D eigenvalue weighted by atomic mass is 16.3. The quantitative estimate of drug-likeness (QED) is 0.292. The van der Waals surface area contributed by atoms with Crippen LogP contribution in [-0.2, 0) is 4.79 Å². The molecule has 1 amide bonds. The molecule has 0 bridgehead atoms. The van der Waals surface area contributed by atoms with E-state index >= 15 is 0 Å². The average Bonchev–Trinajstić information content (AvgIpc) is 2.08. The van der Waals surface area contributed by atoms with E-state index in [9.17, 15) is 4.79 Å². The highest BCUT2D eigenvalue weighted by molar-refractivity contribution is 5.45. The van der Waals surface area contributed by atoms with Gasteiger partial charge in [0.15, 0.2) is 0 Å². The van der Waals surface area contributed by atoms with Crippen LogP contribution >= 0.6 is 0 Å². The van der Waals surface area contributed by atoms with Crippen LogP contribution in [0.25, 0.3) is 0 Å². The minimum absolute atomic E-state index is 0.140.